The van der Waals surface area contributed by atoms with Gasteiger partial charge in [0.15, 0.2) is 5.75 Å². The van der Waals surface area contributed by atoms with Gasteiger partial charge in [0.2, 0.25) is 5.76 Å². The van der Waals surface area contributed by atoms with E-state index in [4.69, 9.17) is 10.2 Å². The summed E-state index contributed by atoms with van der Waals surface area (Å²) in [5, 5.41) is 23.9. The molecule has 8 heteroatoms. The number of hydrogen-bond donors (Lipinski definition) is 3. The van der Waals surface area contributed by atoms with Crippen LogP contribution in [0.3, 0.4) is 0 Å². The molecular formula is C26H18N4O4. The number of rotatable bonds is 5. The van der Waals surface area contributed by atoms with E-state index < -0.39 is 11.8 Å². The van der Waals surface area contributed by atoms with Crippen molar-refractivity contribution in [1.82, 2.24) is 0 Å². The molecule has 34 heavy (non-hydrogen) atoms. The number of amides is 2. The van der Waals surface area contributed by atoms with Crippen LogP contribution in [0, 0.1) is 0 Å². The summed E-state index contributed by atoms with van der Waals surface area (Å²) in [4.78, 5) is 25.0. The van der Waals surface area contributed by atoms with Gasteiger partial charge in [0, 0.05) is 11.1 Å². The average molecular weight is 450 g/mol. The van der Waals surface area contributed by atoms with Gasteiger partial charge >= 0.3 is 0 Å². The van der Waals surface area contributed by atoms with Gasteiger partial charge in [0.05, 0.1) is 5.56 Å². The smallest absolute Gasteiger partial charge is 0.286 e. The molecule has 5 rings (SSSR count). The van der Waals surface area contributed by atoms with Crippen LogP contribution in [0.2, 0.25) is 0 Å². The molecule has 0 aliphatic rings. The van der Waals surface area contributed by atoms with E-state index in [0.717, 1.165) is 0 Å². The van der Waals surface area contributed by atoms with Crippen molar-refractivity contribution >= 4 is 50.6 Å². The highest BCUT2D eigenvalue weighted by Gasteiger charge is 2.21. The molecule has 4 aromatic carbocycles. The Bertz CT molecular complexity index is 1590. The quantitative estimate of drug-likeness (QED) is 0.281. The average Bonchev–Trinajstić information content (AvgIpc) is 3.22. The van der Waals surface area contributed by atoms with Gasteiger partial charge < -0.3 is 20.6 Å². The van der Waals surface area contributed by atoms with Crippen molar-refractivity contribution in [1.29, 1.82) is 0 Å². The maximum Gasteiger partial charge on any atom is 0.286 e. The molecule has 1 aromatic heterocycles. The second kappa shape index (κ2) is 8.51. The minimum absolute atomic E-state index is 0.0533. The Kier molecular flexibility index (Phi) is 5.23. The summed E-state index contributed by atoms with van der Waals surface area (Å²) < 4.78 is 5.52. The number of nitrogens with zero attached hydrogens (tertiary/aromatic N) is 2. The van der Waals surface area contributed by atoms with Gasteiger partial charge in [0.25, 0.3) is 11.8 Å². The first-order valence-corrected chi connectivity index (χ1v) is 10.4. The minimum atomic E-state index is -0.796. The molecule has 0 bridgehead atoms. The summed E-state index contributed by atoms with van der Waals surface area (Å²) in [6.45, 7) is 0. The minimum Gasteiger partial charge on any atom is -0.505 e. The van der Waals surface area contributed by atoms with Crippen LogP contribution in [-0.2, 0) is 0 Å². The fourth-order valence-electron chi connectivity index (χ4n) is 3.75. The highest BCUT2D eigenvalue weighted by Crippen LogP contribution is 2.40. The normalized spacial score (nSPS) is 11.3. The van der Waals surface area contributed by atoms with E-state index in [-0.39, 0.29) is 28.4 Å². The third-order valence-electron chi connectivity index (χ3n) is 5.31. The molecule has 166 valence electrons. The second-order valence-corrected chi connectivity index (χ2v) is 7.50. The number of carbonyl (C=O) groups excluding carboxylic acids is 2. The van der Waals surface area contributed by atoms with Gasteiger partial charge in [-0.1, -0.05) is 54.6 Å². The number of furan rings is 1. The number of azo groups is 1. The molecule has 0 atom stereocenters. The third-order valence-corrected chi connectivity index (χ3v) is 5.31. The third kappa shape index (κ3) is 3.73. The monoisotopic (exact) mass is 450 g/mol. The van der Waals surface area contributed by atoms with E-state index in [0.29, 0.717) is 27.4 Å². The van der Waals surface area contributed by atoms with Crippen molar-refractivity contribution in [2.75, 3.05) is 5.32 Å². The molecule has 0 saturated carbocycles. The number of nitrogens with one attached hydrogen (secondary N) is 1. The molecule has 2 amide bonds. The zero-order valence-electron chi connectivity index (χ0n) is 17.7. The Morgan fingerprint density at radius 2 is 1.53 bits per heavy atom. The molecule has 0 aliphatic heterocycles. The van der Waals surface area contributed by atoms with Crippen molar-refractivity contribution < 1.29 is 19.1 Å². The van der Waals surface area contributed by atoms with E-state index >= 15 is 0 Å². The van der Waals surface area contributed by atoms with Crippen LogP contribution in [0.25, 0.3) is 21.7 Å². The van der Waals surface area contributed by atoms with Crippen LogP contribution in [0.4, 0.5) is 17.1 Å². The summed E-state index contributed by atoms with van der Waals surface area (Å²) in [7, 11) is 0. The van der Waals surface area contributed by atoms with Crippen LogP contribution in [0.15, 0.2) is 99.6 Å². The lowest BCUT2D eigenvalue weighted by Crippen LogP contribution is -2.12. The van der Waals surface area contributed by atoms with E-state index in [9.17, 15) is 14.7 Å². The molecule has 5 aromatic rings. The molecular weight excluding hydrogens is 432 g/mol. The van der Waals surface area contributed by atoms with Crippen LogP contribution >= 0.6 is 0 Å². The lowest BCUT2D eigenvalue weighted by atomic mass is 10.0. The first-order chi connectivity index (χ1) is 16.5. The molecule has 0 aliphatic carbocycles. The Morgan fingerprint density at radius 3 is 2.29 bits per heavy atom. The van der Waals surface area contributed by atoms with Gasteiger partial charge in [-0.05, 0) is 41.1 Å². The summed E-state index contributed by atoms with van der Waals surface area (Å²) in [5.74, 6) is -1.78. The van der Waals surface area contributed by atoms with Crippen molar-refractivity contribution in [2.24, 2.45) is 16.0 Å². The first kappa shape index (κ1) is 20.9. The molecule has 4 N–H and O–H groups in total. The maximum absolute atomic E-state index is 13.1. The molecule has 0 saturated heterocycles. The molecule has 0 unspecified atom stereocenters. The predicted octanol–water partition coefficient (Wildman–Crippen LogP) is 6.06. The summed E-state index contributed by atoms with van der Waals surface area (Å²) in [6.07, 6.45) is 0. The summed E-state index contributed by atoms with van der Waals surface area (Å²) in [6, 6.07) is 24.6. The number of hydrogen-bond acceptors (Lipinski definition) is 6. The Hall–Kier alpha value is -4.98. The zero-order chi connectivity index (χ0) is 23.7. The van der Waals surface area contributed by atoms with Gasteiger partial charge in [-0.15, -0.1) is 10.2 Å². The van der Waals surface area contributed by atoms with E-state index in [2.05, 4.69) is 15.5 Å². The number of nitrogens with two attached hydrogens (primary N) is 1. The number of para-hydroxylation sites is 2. The van der Waals surface area contributed by atoms with Crippen LogP contribution in [0.5, 0.6) is 5.75 Å². The topological polar surface area (TPSA) is 130 Å². The van der Waals surface area contributed by atoms with E-state index in [1.807, 2.05) is 12.1 Å². The number of phenolic OH excluding ortho intramolecular Hbond substituents is 1. The number of aromatic hydroxyl groups is 1. The fraction of sp³-hybridized carbons (Fsp3) is 0. The van der Waals surface area contributed by atoms with Crippen molar-refractivity contribution in [3.8, 4) is 5.75 Å². The van der Waals surface area contributed by atoms with Crippen molar-refractivity contribution in [3.05, 3.63) is 96.3 Å². The van der Waals surface area contributed by atoms with Crippen molar-refractivity contribution in [2.45, 2.75) is 0 Å². The van der Waals surface area contributed by atoms with Crippen molar-refractivity contribution in [3.63, 3.8) is 0 Å². The summed E-state index contributed by atoms with van der Waals surface area (Å²) >= 11 is 0. The number of carbonyl (C=O) groups is 2. The predicted molar refractivity (Wildman–Crippen MR) is 129 cm³/mol. The standard InChI is InChI=1S/C26H18N4O4/c27-25(32)24-22(18-12-6-7-13-20(18)34-24)30-29-19-14-15-8-4-5-11-17(15)21(23(19)31)26(33)28-16-9-2-1-3-10-16/h1-14,31H,(H2,27,32)(H,28,33). The number of benzene rings is 4. The number of phenols is 1. The summed E-state index contributed by atoms with van der Waals surface area (Å²) in [5.41, 5.74) is 6.72. The highest BCUT2D eigenvalue weighted by atomic mass is 16.3. The Balaban J connectivity index is 1.63. The SMILES string of the molecule is NC(=O)c1oc2ccccc2c1N=Nc1cc2ccccc2c(C(=O)Nc2ccccc2)c1O. The molecule has 0 spiro atoms. The van der Waals surface area contributed by atoms with Gasteiger partial charge in [-0.2, -0.15) is 0 Å². The lowest BCUT2D eigenvalue weighted by Gasteiger charge is -2.12. The number of anilines is 1. The molecule has 0 fully saturated rings. The fourth-order valence-corrected chi connectivity index (χ4v) is 3.75. The number of fused-ring (bicyclic) bond motifs is 2. The molecule has 1 heterocycles. The first-order valence-electron chi connectivity index (χ1n) is 10.4. The van der Waals surface area contributed by atoms with Crippen LogP contribution in [0.1, 0.15) is 20.9 Å². The van der Waals surface area contributed by atoms with E-state index in [1.165, 1.54) is 0 Å². The Morgan fingerprint density at radius 1 is 0.853 bits per heavy atom. The largest absolute Gasteiger partial charge is 0.505 e. The molecule has 0 radical (unpaired) electrons. The maximum atomic E-state index is 13.1. The lowest BCUT2D eigenvalue weighted by molar-refractivity contribution is 0.0975. The highest BCUT2D eigenvalue weighted by molar-refractivity contribution is 6.16. The second-order valence-electron chi connectivity index (χ2n) is 7.50. The van der Waals surface area contributed by atoms with Gasteiger partial charge in [0.1, 0.15) is 17.0 Å². The van der Waals surface area contributed by atoms with Crippen LogP contribution in [-0.4, -0.2) is 16.9 Å². The van der Waals surface area contributed by atoms with Gasteiger partial charge in [-0.3, -0.25) is 9.59 Å². The van der Waals surface area contributed by atoms with E-state index in [1.54, 1.807) is 72.8 Å². The van der Waals surface area contributed by atoms with Crippen LogP contribution < -0.4 is 11.1 Å². The number of primary amides is 1. The Labute approximate surface area is 193 Å². The van der Waals surface area contributed by atoms with Gasteiger partial charge in [-0.25, -0.2) is 0 Å². The zero-order valence-corrected chi connectivity index (χ0v) is 17.7. The molecule has 8 nitrogen and oxygen atoms in total.